The highest BCUT2D eigenvalue weighted by Crippen LogP contribution is 2.10. The Hall–Kier alpha value is -0.900. The normalized spacial score (nSPS) is 9.30. The first kappa shape index (κ1) is 7.21. The topological polar surface area (TPSA) is 42.9 Å². The zero-order valence-electron chi connectivity index (χ0n) is 5.44. The van der Waals surface area contributed by atoms with Crippen molar-refractivity contribution in [3.8, 4) is 0 Å². The average molecular weight is 154 g/mol. The molecule has 1 heterocycles. The van der Waals surface area contributed by atoms with Gasteiger partial charge in [-0.25, -0.2) is 9.97 Å². The summed E-state index contributed by atoms with van der Waals surface area (Å²) in [5, 5.41) is 0.515. The van der Waals surface area contributed by atoms with Crippen LogP contribution in [0.4, 0.5) is 0 Å². The predicted molar refractivity (Wildman–Crippen MR) is 38.6 cm³/mol. The SMILES string of the molecule is CC(=O)Sc1ncccn1. The summed E-state index contributed by atoms with van der Waals surface area (Å²) < 4.78 is 0. The number of thioether (sulfide) groups is 1. The molecule has 52 valence electrons. The summed E-state index contributed by atoms with van der Waals surface area (Å²) in [6, 6.07) is 1.71. The summed E-state index contributed by atoms with van der Waals surface area (Å²) in [6.07, 6.45) is 3.22. The molecule has 0 unspecified atom stereocenters. The van der Waals surface area contributed by atoms with Gasteiger partial charge in [-0.05, 0) is 17.8 Å². The molecule has 0 radical (unpaired) electrons. The highest BCUT2D eigenvalue weighted by Gasteiger charge is 1.97. The van der Waals surface area contributed by atoms with Gasteiger partial charge in [0.25, 0.3) is 0 Å². The molecule has 0 amide bonds. The number of hydrogen-bond acceptors (Lipinski definition) is 4. The molecule has 1 rings (SSSR count). The first-order valence-electron chi connectivity index (χ1n) is 2.74. The third kappa shape index (κ3) is 2.14. The van der Waals surface area contributed by atoms with Gasteiger partial charge in [-0.1, -0.05) is 0 Å². The maximum absolute atomic E-state index is 10.5. The summed E-state index contributed by atoms with van der Waals surface area (Å²) in [5.41, 5.74) is 0. The van der Waals surface area contributed by atoms with Crippen molar-refractivity contribution < 1.29 is 4.79 Å². The third-order valence-electron chi connectivity index (χ3n) is 0.777. The summed E-state index contributed by atoms with van der Waals surface area (Å²) in [5.74, 6) is 0. The molecule has 0 saturated heterocycles. The lowest BCUT2D eigenvalue weighted by atomic mass is 10.7. The molecule has 4 heteroatoms. The molecule has 1 aromatic heterocycles. The van der Waals surface area contributed by atoms with Crippen LogP contribution in [0, 0.1) is 0 Å². The van der Waals surface area contributed by atoms with Crippen LogP contribution >= 0.6 is 11.8 Å². The van der Waals surface area contributed by atoms with Crippen molar-refractivity contribution in [1.29, 1.82) is 0 Å². The quantitative estimate of drug-likeness (QED) is 0.449. The molecular formula is C6H6N2OS. The fourth-order valence-corrected chi connectivity index (χ4v) is 0.951. The van der Waals surface area contributed by atoms with Crippen LogP contribution in [0.3, 0.4) is 0 Å². The van der Waals surface area contributed by atoms with Gasteiger partial charge in [0.1, 0.15) is 0 Å². The highest BCUT2D eigenvalue weighted by molar-refractivity contribution is 8.13. The lowest BCUT2D eigenvalue weighted by molar-refractivity contribution is -0.109. The number of carbonyl (C=O) groups is 1. The molecule has 0 N–H and O–H groups in total. The molecule has 3 nitrogen and oxygen atoms in total. The Bertz CT molecular complexity index is 224. The lowest BCUT2D eigenvalue weighted by Gasteiger charge is -1.90. The summed E-state index contributed by atoms with van der Waals surface area (Å²) in [4.78, 5) is 18.2. The van der Waals surface area contributed by atoms with E-state index in [1.165, 1.54) is 6.92 Å². The minimum atomic E-state index is 0.00574. The fourth-order valence-electron chi connectivity index (χ4n) is 0.467. The third-order valence-corrected chi connectivity index (χ3v) is 1.46. The molecule has 0 aromatic carbocycles. The Morgan fingerprint density at radius 1 is 1.50 bits per heavy atom. The standard InChI is InChI=1S/C6H6N2OS/c1-5(9)10-6-7-3-2-4-8-6/h2-4H,1H3. The van der Waals surface area contributed by atoms with Crippen LogP contribution in [-0.2, 0) is 4.79 Å². The monoisotopic (exact) mass is 154 g/mol. The molecule has 0 atom stereocenters. The van der Waals surface area contributed by atoms with E-state index in [0.717, 1.165) is 11.8 Å². The largest absolute Gasteiger partial charge is 0.287 e. The molecular weight excluding hydrogens is 148 g/mol. The highest BCUT2D eigenvalue weighted by atomic mass is 32.2. The zero-order valence-corrected chi connectivity index (χ0v) is 6.26. The maximum atomic E-state index is 10.5. The number of aromatic nitrogens is 2. The van der Waals surface area contributed by atoms with Crippen molar-refractivity contribution in [2.75, 3.05) is 0 Å². The van der Waals surface area contributed by atoms with Crippen LogP contribution in [0.1, 0.15) is 6.92 Å². The Morgan fingerprint density at radius 3 is 2.60 bits per heavy atom. The first-order chi connectivity index (χ1) is 4.79. The number of hydrogen-bond donors (Lipinski definition) is 0. The first-order valence-corrected chi connectivity index (χ1v) is 3.56. The molecule has 0 saturated carbocycles. The van der Waals surface area contributed by atoms with Gasteiger partial charge in [0.05, 0.1) is 0 Å². The van der Waals surface area contributed by atoms with E-state index in [4.69, 9.17) is 0 Å². The Morgan fingerprint density at radius 2 is 2.10 bits per heavy atom. The van der Waals surface area contributed by atoms with Crippen molar-refractivity contribution in [1.82, 2.24) is 9.97 Å². The van der Waals surface area contributed by atoms with Crippen LogP contribution in [0.15, 0.2) is 23.6 Å². The second kappa shape index (κ2) is 3.31. The second-order valence-corrected chi connectivity index (χ2v) is 2.77. The smallest absolute Gasteiger partial charge is 0.195 e. The van der Waals surface area contributed by atoms with E-state index in [1.807, 2.05) is 0 Å². The zero-order chi connectivity index (χ0) is 7.40. The molecule has 0 spiro atoms. The summed E-state index contributed by atoms with van der Waals surface area (Å²) in [7, 11) is 0. The van der Waals surface area contributed by atoms with Crippen molar-refractivity contribution in [3.63, 3.8) is 0 Å². The van der Waals surface area contributed by atoms with Gasteiger partial charge in [-0.3, -0.25) is 4.79 Å². The molecule has 0 aliphatic carbocycles. The van der Waals surface area contributed by atoms with Crippen LogP contribution in [-0.4, -0.2) is 15.1 Å². The van der Waals surface area contributed by atoms with E-state index < -0.39 is 0 Å². The number of nitrogens with zero attached hydrogens (tertiary/aromatic N) is 2. The fraction of sp³-hybridized carbons (Fsp3) is 0.167. The molecule has 0 aliphatic rings. The van der Waals surface area contributed by atoms with Crippen LogP contribution in [0.2, 0.25) is 0 Å². The Labute approximate surface area is 62.9 Å². The van der Waals surface area contributed by atoms with Gasteiger partial charge in [-0.15, -0.1) is 0 Å². The van der Waals surface area contributed by atoms with E-state index in [9.17, 15) is 4.79 Å². The van der Waals surface area contributed by atoms with Crippen LogP contribution in [0.25, 0.3) is 0 Å². The lowest BCUT2D eigenvalue weighted by Crippen LogP contribution is -1.87. The Balaban J connectivity index is 2.67. The van der Waals surface area contributed by atoms with Gasteiger partial charge in [0.15, 0.2) is 10.3 Å². The molecule has 0 fully saturated rings. The molecule has 0 bridgehead atoms. The molecule has 1 aromatic rings. The van der Waals surface area contributed by atoms with E-state index in [0.29, 0.717) is 5.16 Å². The van der Waals surface area contributed by atoms with Gasteiger partial charge in [0.2, 0.25) is 0 Å². The van der Waals surface area contributed by atoms with Crippen LogP contribution < -0.4 is 0 Å². The Kier molecular flexibility index (Phi) is 2.39. The average Bonchev–Trinajstić information content (AvgIpc) is 1.88. The van der Waals surface area contributed by atoms with Crippen molar-refractivity contribution in [2.45, 2.75) is 12.1 Å². The molecule has 0 aliphatic heterocycles. The van der Waals surface area contributed by atoms with Gasteiger partial charge in [-0.2, -0.15) is 0 Å². The second-order valence-electron chi connectivity index (χ2n) is 1.63. The number of rotatable bonds is 1. The van der Waals surface area contributed by atoms with E-state index in [2.05, 4.69) is 9.97 Å². The number of carbonyl (C=O) groups excluding carboxylic acids is 1. The minimum absolute atomic E-state index is 0.00574. The predicted octanol–water partition coefficient (Wildman–Crippen LogP) is 1.12. The van der Waals surface area contributed by atoms with E-state index in [1.54, 1.807) is 18.5 Å². The van der Waals surface area contributed by atoms with E-state index in [-0.39, 0.29) is 5.12 Å². The minimum Gasteiger partial charge on any atom is -0.287 e. The van der Waals surface area contributed by atoms with Crippen molar-refractivity contribution >= 4 is 16.9 Å². The van der Waals surface area contributed by atoms with Gasteiger partial charge < -0.3 is 0 Å². The maximum Gasteiger partial charge on any atom is 0.195 e. The summed E-state index contributed by atoms with van der Waals surface area (Å²) in [6.45, 7) is 1.49. The van der Waals surface area contributed by atoms with Gasteiger partial charge in [0, 0.05) is 19.3 Å². The van der Waals surface area contributed by atoms with Crippen molar-refractivity contribution in [3.05, 3.63) is 18.5 Å². The molecule has 10 heavy (non-hydrogen) atoms. The van der Waals surface area contributed by atoms with Crippen LogP contribution in [0.5, 0.6) is 0 Å². The van der Waals surface area contributed by atoms with Gasteiger partial charge >= 0.3 is 0 Å². The summed E-state index contributed by atoms with van der Waals surface area (Å²) >= 11 is 1.04. The van der Waals surface area contributed by atoms with Crippen molar-refractivity contribution in [2.24, 2.45) is 0 Å². The van der Waals surface area contributed by atoms with E-state index >= 15 is 0 Å².